The highest BCUT2D eigenvalue weighted by Crippen LogP contribution is 2.38. The van der Waals surface area contributed by atoms with Crippen LogP contribution in [0.25, 0.3) is 0 Å². The quantitative estimate of drug-likeness (QED) is 0.559. The second-order valence-corrected chi connectivity index (χ2v) is 6.24. The van der Waals surface area contributed by atoms with Crippen LogP contribution in [0.1, 0.15) is 26.7 Å². The van der Waals surface area contributed by atoms with Crippen LogP contribution in [0, 0.1) is 11.3 Å². The number of ketones is 1. The maximum absolute atomic E-state index is 12.0. The Hall–Kier alpha value is -1.68. The summed E-state index contributed by atoms with van der Waals surface area (Å²) in [6.45, 7) is 9.17. The summed E-state index contributed by atoms with van der Waals surface area (Å²) in [6.07, 6.45) is 11.9. The average Bonchev–Trinajstić information content (AvgIpc) is 2.92. The lowest BCUT2D eigenvalue weighted by Gasteiger charge is -2.34. The van der Waals surface area contributed by atoms with Gasteiger partial charge in [-0.1, -0.05) is 24.3 Å². The summed E-state index contributed by atoms with van der Waals surface area (Å²) < 4.78 is 5.25. The van der Waals surface area contributed by atoms with Crippen molar-refractivity contribution in [1.29, 1.82) is 0 Å². The van der Waals surface area contributed by atoms with Gasteiger partial charge in [0.1, 0.15) is 5.78 Å². The lowest BCUT2D eigenvalue weighted by molar-refractivity contribution is -0.124. The van der Waals surface area contributed by atoms with Crippen LogP contribution in [0.5, 0.6) is 0 Å². The molecule has 0 aromatic heterocycles. The molecule has 0 aromatic rings. The maximum Gasteiger partial charge on any atom is 0.140 e. The van der Waals surface area contributed by atoms with E-state index in [9.17, 15) is 4.79 Å². The normalized spacial score (nSPS) is 31.6. The summed E-state index contributed by atoms with van der Waals surface area (Å²) in [5, 5.41) is 6.73. The predicted octanol–water partition coefficient (Wildman–Crippen LogP) is 2.98. The van der Waals surface area contributed by atoms with Crippen molar-refractivity contribution in [1.82, 2.24) is 5.01 Å². The number of hydrogen-bond donors (Lipinski definition) is 0. The predicted molar refractivity (Wildman–Crippen MR) is 89.8 cm³/mol. The van der Waals surface area contributed by atoms with Gasteiger partial charge >= 0.3 is 0 Å². The molecule has 0 bridgehead atoms. The van der Waals surface area contributed by atoms with Gasteiger partial charge in [0, 0.05) is 19.6 Å². The van der Waals surface area contributed by atoms with Gasteiger partial charge in [-0.25, -0.2) is 0 Å². The fraction of sp³-hybridized carbons (Fsp3) is 0.556. The molecule has 0 saturated carbocycles. The van der Waals surface area contributed by atoms with E-state index >= 15 is 0 Å². The Morgan fingerprint density at radius 1 is 1.64 bits per heavy atom. The molecule has 1 heterocycles. The Balaban J connectivity index is 2.16. The molecule has 0 amide bonds. The van der Waals surface area contributed by atoms with Gasteiger partial charge in [-0.05, 0) is 32.3 Å². The van der Waals surface area contributed by atoms with Crippen molar-refractivity contribution >= 4 is 12.0 Å². The zero-order valence-electron chi connectivity index (χ0n) is 13.8. The molecule has 4 heteroatoms. The van der Waals surface area contributed by atoms with Crippen LogP contribution in [-0.2, 0) is 9.53 Å². The summed E-state index contributed by atoms with van der Waals surface area (Å²) in [4.78, 5) is 12.0. The molecule has 3 atom stereocenters. The summed E-state index contributed by atoms with van der Waals surface area (Å²) in [7, 11) is 1.72. The van der Waals surface area contributed by atoms with E-state index in [0.29, 0.717) is 12.6 Å². The van der Waals surface area contributed by atoms with Crippen molar-refractivity contribution in [2.45, 2.75) is 32.7 Å². The molecule has 0 radical (unpaired) electrons. The first-order chi connectivity index (χ1) is 10.5. The SMILES string of the molecule is C=C[C@@H]1C(/C=N/N2CCC[C@H]2COC)=CC=C[C@]1(C)C(C)=O. The van der Waals surface area contributed by atoms with Crippen LogP contribution < -0.4 is 0 Å². The van der Waals surface area contributed by atoms with Gasteiger partial charge in [0.15, 0.2) is 0 Å². The van der Waals surface area contributed by atoms with E-state index in [4.69, 9.17) is 4.74 Å². The molecule has 1 fully saturated rings. The number of hydrazone groups is 1. The van der Waals surface area contributed by atoms with Gasteiger partial charge in [-0.15, -0.1) is 6.58 Å². The minimum atomic E-state index is -0.533. The fourth-order valence-electron chi connectivity index (χ4n) is 3.23. The summed E-state index contributed by atoms with van der Waals surface area (Å²) in [5.74, 6) is 0.105. The van der Waals surface area contributed by atoms with E-state index in [-0.39, 0.29) is 11.7 Å². The van der Waals surface area contributed by atoms with Crippen LogP contribution in [0.2, 0.25) is 0 Å². The molecule has 1 saturated heterocycles. The van der Waals surface area contributed by atoms with Gasteiger partial charge in [0.25, 0.3) is 0 Å². The Bertz CT molecular complexity index is 521. The van der Waals surface area contributed by atoms with Crippen molar-refractivity contribution in [3.8, 4) is 0 Å². The third-order valence-corrected chi connectivity index (χ3v) is 4.79. The Labute approximate surface area is 133 Å². The molecular weight excluding hydrogens is 276 g/mol. The maximum atomic E-state index is 12.0. The summed E-state index contributed by atoms with van der Waals surface area (Å²) in [6, 6.07) is 0.349. The Kier molecular flexibility index (Phi) is 5.35. The van der Waals surface area contributed by atoms with Gasteiger partial charge in [-0.3, -0.25) is 9.80 Å². The first-order valence-corrected chi connectivity index (χ1v) is 7.85. The highest BCUT2D eigenvalue weighted by molar-refractivity contribution is 5.90. The van der Waals surface area contributed by atoms with Crippen molar-refractivity contribution in [2.75, 3.05) is 20.3 Å². The number of allylic oxidation sites excluding steroid dienone is 5. The van der Waals surface area contributed by atoms with Crippen LogP contribution in [0.3, 0.4) is 0 Å². The molecule has 2 rings (SSSR count). The molecule has 2 aliphatic rings. The number of rotatable bonds is 6. The van der Waals surface area contributed by atoms with Crippen LogP contribution in [0.15, 0.2) is 41.6 Å². The van der Waals surface area contributed by atoms with Crippen LogP contribution >= 0.6 is 0 Å². The standard InChI is InChI=1S/C18H26N2O2/c1-5-17-15(8-6-10-18(17,3)14(2)21)12-19-20-11-7-9-16(20)13-22-4/h5-6,8,10,12,16-17H,1,7,9,11,13H2,2-4H3/b19-12+/t16-,17+,18+/m0/s1. The largest absolute Gasteiger partial charge is 0.382 e. The molecular formula is C18H26N2O2. The minimum Gasteiger partial charge on any atom is -0.382 e. The number of hydrogen-bond acceptors (Lipinski definition) is 4. The Morgan fingerprint density at radius 2 is 2.41 bits per heavy atom. The molecule has 0 aromatic carbocycles. The van der Waals surface area contributed by atoms with Crippen molar-refractivity contribution < 1.29 is 9.53 Å². The van der Waals surface area contributed by atoms with E-state index < -0.39 is 5.41 Å². The van der Waals surface area contributed by atoms with Gasteiger partial charge in [0.05, 0.1) is 24.3 Å². The highest BCUT2D eigenvalue weighted by Gasteiger charge is 2.37. The number of carbonyl (C=O) groups is 1. The molecule has 1 aliphatic carbocycles. The molecule has 1 aliphatic heterocycles. The van der Waals surface area contributed by atoms with Gasteiger partial charge in [-0.2, -0.15) is 5.10 Å². The highest BCUT2D eigenvalue weighted by atomic mass is 16.5. The monoisotopic (exact) mass is 302 g/mol. The smallest absolute Gasteiger partial charge is 0.140 e. The third-order valence-electron chi connectivity index (χ3n) is 4.79. The number of ether oxygens (including phenoxy) is 1. The average molecular weight is 302 g/mol. The molecule has 4 nitrogen and oxygen atoms in total. The van der Waals surface area contributed by atoms with Gasteiger partial charge < -0.3 is 4.74 Å². The molecule has 0 spiro atoms. The minimum absolute atomic E-state index is 0.0396. The lowest BCUT2D eigenvalue weighted by Crippen LogP contribution is -2.35. The van der Waals surface area contributed by atoms with Crippen molar-refractivity contribution in [3.05, 3.63) is 36.5 Å². The lowest BCUT2D eigenvalue weighted by atomic mass is 9.68. The van der Waals surface area contributed by atoms with E-state index in [2.05, 4.69) is 16.7 Å². The van der Waals surface area contributed by atoms with E-state index in [0.717, 1.165) is 25.0 Å². The third kappa shape index (κ3) is 3.22. The molecule has 22 heavy (non-hydrogen) atoms. The van der Waals surface area contributed by atoms with Crippen LogP contribution in [0.4, 0.5) is 0 Å². The molecule has 0 N–H and O–H groups in total. The number of nitrogens with zero attached hydrogens (tertiary/aromatic N) is 2. The first kappa shape index (κ1) is 16.7. The van der Waals surface area contributed by atoms with Gasteiger partial charge in [0.2, 0.25) is 0 Å². The number of Topliss-reactive ketones (excluding diaryl/α,β-unsaturated/α-hetero) is 1. The zero-order valence-corrected chi connectivity index (χ0v) is 13.8. The van der Waals surface area contributed by atoms with E-state index in [1.54, 1.807) is 14.0 Å². The van der Waals surface area contributed by atoms with E-state index in [1.807, 2.05) is 37.4 Å². The first-order valence-electron chi connectivity index (χ1n) is 7.85. The fourth-order valence-corrected chi connectivity index (χ4v) is 3.23. The summed E-state index contributed by atoms with van der Waals surface area (Å²) >= 11 is 0. The van der Waals surface area contributed by atoms with Crippen molar-refractivity contribution in [3.63, 3.8) is 0 Å². The number of methoxy groups -OCH3 is 1. The van der Waals surface area contributed by atoms with Crippen molar-refractivity contribution in [2.24, 2.45) is 16.4 Å². The zero-order chi connectivity index (χ0) is 16.2. The second kappa shape index (κ2) is 7.05. The number of carbonyl (C=O) groups excluding carboxylic acids is 1. The summed E-state index contributed by atoms with van der Waals surface area (Å²) in [5.41, 5.74) is 0.493. The van der Waals surface area contributed by atoms with Crippen LogP contribution in [-0.4, -0.2) is 43.3 Å². The second-order valence-electron chi connectivity index (χ2n) is 6.24. The van der Waals surface area contributed by atoms with E-state index in [1.165, 1.54) is 0 Å². The Morgan fingerprint density at radius 3 is 3.05 bits per heavy atom. The molecule has 0 unspecified atom stereocenters. The molecule has 120 valence electrons. The topological polar surface area (TPSA) is 41.9 Å².